The Kier molecular flexibility index (Phi) is 9.20. The lowest BCUT2D eigenvalue weighted by Crippen LogP contribution is -2.28. The van der Waals surface area contributed by atoms with E-state index in [-0.39, 0.29) is 24.6 Å². The number of carbonyl (C=O) groups is 2. The zero-order valence-corrected chi connectivity index (χ0v) is 24.1. The van der Waals surface area contributed by atoms with Gasteiger partial charge in [0.1, 0.15) is 6.61 Å². The number of carboxylic acid groups (broad SMARTS) is 1. The van der Waals surface area contributed by atoms with Crippen LogP contribution in [0.5, 0.6) is 11.5 Å². The third-order valence-electron chi connectivity index (χ3n) is 6.50. The van der Waals surface area contributed by atoms with Gasteiger partial charge in [-0.25, -0.2) is 9.79 Å². The van der Waals surface area contributed by atoms with E-state index in [0.717, 1.165) is 16.7 Å². The molecule has 1 aliphatic rings. The second-order valence-electron chi connectivity index (χ2n) is 9.43. The summed E-state index contributed by atoms with van der Waals surface area (Å²) in [6, 6.07) is 30.7. The number of amides is 1. The zero-order valence-electron chi connectivity index (χ0n) is 23.3. The molecule has 4 aromatic carbocycles. The average Bonchev–Trinajstić information content (AvgIpc) is 3.30. The van der Waals surface area contributed by atoms with Crippen LogP contribution in [0.15, 0.2) is 107 Å². The molecule has 1 amide bonds. The van der Waals surface area contributed by atoms with Crippen LogP contribution in [0, 0.1) is 11.3 Å². The number of benzene rings is 4. The Morgan fingerprint density at radius 3 is 2.44 bits per heavy atom. The molecule has 0 unspecified atom stereocenters. The van der Waals surface area contributed by atoms with Crippen molar-refractivity contribution in [2.75, 3.05) is 6.61 Å². The van der Waals surface area contributed by atoms with Crippen molar-refractivity contribution in [2.24, 2.45) is 4.99 Å². The number of aliphatic imine (C=N–C) groups is 1. The zero-order chi connectivity index (χ0) is 30.2. The molecular formula is C34H27N3O5S. The molecule has 0 aromatic heterocycles. The predicted molar refractivity (Wildman–Crippen MR) is 166 cm³/mol. The molecule has 0 bridgehead atoms. The average molecular weight is 590 g/mol. The van der Waals surface area contributed by atoms with Gasteiger partial charge in [-0.2, -0.15) is 5.26 Å². The number of hydrogen-bond acceptors (Lipinski definition) is 7. The summed E-state index contributed by atoms with van der Waals surface area (Å²) in [5.41, 5.74) is 3.73. The minimum atomic E-state index is -1.01. The van der Waals surface area contributed by atoms with Crippen molar-refractivity contribution < 1.29 is 24.2 Å². The number of thioether (sulfide) groups is 1. The summed E-state index contributed by atoms with van der Waals surface area (Å²) in [5.74, 6) is -0.172. The summed E-state index contributed by atoms with van der Waals surface area (Å²) in [6.45, 7) is 2.74. The van der Waals surface area contributed by atoms with Gasteiger partial charge >= 0.3 is 5.97 Å². The van der Waals surface area contributed by atoms with Gasteiger partial charge in [0.25, 0.3) is 5.91 Å². The first-order valence-corrected chi connectivity index (χ1v) is 14.3. The van der Waals surface area contributed by atoms with E-state index >= 15 is 0 Å². The van der Waals surface area contributed by atoms with Crippen LogP contribution in [-0.2, 0) is 17.9 Å². The number of rotatable bonds is 10. The fourth-order valence-corrected chi connectivity index (χ4v) is 5.34. The molecule has 1 aliphatic heterocycles. The van der Waals surface area contributed by atoms with Crippen molar-refractivity contribution in [3.8, 4) is 17.6 Å². The lowest BCUT2D eigenvalue weighted by Gasteiger charge is -2.16. The third kappa shape index (κ3) is 7.12. The first-order chi connectivity index (χ1) is 20.9. The second-order valence-corrected chi connectivity index (χ2v) is 10.4. The van der Waals surface area contributed by atoms with Gasteiger partial charge in [-0.05, 0) is 78.4 Å². The molecule has 214 valence electrons. The molecule has 8 nitrogen and oxygen atoms in total. The number of amidine groups is 1. The Morgan fingerprint density at radius 1 is 0.977 bits per heavy atom. The first kappa shape index (κ1) is 29.2. The fraction of sp³-hybridized carbons (Fsp3) is 0.118. The highest BCUT2D eigenvalue weighted by Gasteiger charge is 2.33. The van der Waals surface area contributed by atoms with Crippen LogP contribution >= 0.6 is 11.8 Å². The lowest BCUT2D eigenvalue weighted by atomic mass is 10.1. The van der Waals surface area contributed by atoms with Gasteiger partial charge in [0.05, 0.1) is 40.9 Å². The molecule has 0 spiro atoms. The third-order valence-corrected chi connectivity index (χ3v) is 7.50. The van der Waals surface area contributed by atoms with Gasteiger partial charge in [-0.15, -0.1) is 0 Å². The van der Waals surface area contributed by atoms with Crippen molar-refractivity contribution in [1.29, 1.82) is 5.26 Å². The van der Waals surface area contributed by atoms with Crippen LogP contribution in [0.4, 0.5) is 5.69 Å². The molecule has 9 heteroatoms. The summed E-state index contributed by atoms with van der Waals surface area (Å²) in [6.07, 6.45) is 1.79. The summed E-state index contributed by atoms with van der Waals surface area (Å²) < 4.78 is 11.9. The van der Waals surface area contributed by atoms with E-state index in [9.17, 15) is 20.0 Å². The molecule has 0 aliphatic carbocycles. The smallest absolute Gasteiger partial charge is 0.335 e. The highest BCUT2D eigenvalue weighted by molar-refractivity contribution is 8.18. The molecule has 4 aromatic rings. The predicted octanol–water partition coefficient (Wildman–Crippen LogP) is 7.04. The van der Waals surface area contributed by atoms with Crippen LogP contribution in [-0.4, -0.2) is 33.7 Å². The molecule has 1 saturated heterocycles. The topological polar surface area (TPSA) is 112 Å². The largest absolute Gasteiger partial charge is 0.490 e. The van der Waals surface area contributed by atoms with E-state index in [1.807, 2.05) is 67.6 Å². The maximum Gasteiger partial charge on any atom is 0.335 e. The molecule has 1 N–H and O–H groups in total. The number of para-hydroxylation sites is 1. The quantitative estimate of drug-likeness (QED) is 0.198. The molecule has 0 saturated carbocycles. The fourth-order valence-electron chi connectivity index (χ4n) is 4.34. The Hall–Kier alpha value is -5.33. The maximum atomic E-state index is 13.7. The summed E-state index contributed by atoms with van der Waals surface area (Å²) in [7, 11) is 0. The van der Waals surface area contributed by atoms with Crippen molar-refractivity contribution in [2.45, 2.75) is 20.1 Å². The van der Waals surface area contributed by atoms with Crippen LogP contribution < -0.4 is 9.47 Å². The van der Waals surface area contributed by atoms with E-state index in [4.69, 9.17) is 14.5 Å². The van der Waals surface area contributed by atoms with Gasteiger partial charge in [0.2, 0.25) is 0 Å². The van der Waals surface area contributed by atoms with Crippen LogP contribution in [0.25, 0.3) is 6.08 Å². The van der Waals surface area contributed by atoms with Crippen LogP contribution in [0.3, 0.4) is 0 Å². The maximum absolute atomic E-state index is 13.7. The van der Waals surface area contributed by atoms with Gasteiger partial charge in [0, 0.05) is 5.56 Å². The molecule has 1 fully saturated rings. The van der Waals surface area contributed by atoms with Gasteiger partial charge < -0.3 is 14.6 Å². The number of nitrogens with zero attached hydrogens (tertiary/aromatic N) is 3. The second kappa shape index (κ2) is 13.6. The van der Waals surface area contributed by atoms with E-state index in [1.54, 1.807) is 35.2 Å². The number of hydrogen-bond donors (Lipinski definition) is 1. The number of aromatic carboxylic acids is 1. The van der Waals surface area contributed by atoms with Gasteiger partial charge in [-0.3, -0.25) is 9.69 Å². The minimum Gasteiger partial charge on any atom is -0.490 e. The first-order valence-electron chi connectivity index (χ1n) is 13.5. The van der Waals surface area contributed by atoms with Gasteiger partial charge in [-0.1, -0.05) is 54.6 Å². The van der Waals surface area contributed by atoms with E-state index in [1.165, 1.54) is 23.9 Å². The van der Waals surface area contributed by atoms with E-state index < -0.39 is 5.97 Å². The van der Waals surface area contributed by atoms with Crippen LogP contribution in [0.1, 0.15) is 39.5 Å². The Labute approximate surface area is 253 Å². The highest BCUT2D eigenvalue weighted by Crippen LogP contribution is 2.37. The van der Waals surface area contributed by atoms with Crippen molar-refractivity contribution in [3.63, 3.8) is 0 Å². The number of ether oxygens (including phenoxy) is 2. The number of nitriles is 1. The number of carbonyl (C=O) groups excluding carboxylic acids is 1. The van der Waals surface area contributed by atoms with E-state index in [2.05, 4.69) is 6.07 Å². The summed E-state index contributed by atoms with van der Waals surface area (Å²) in [4.78, 5) is 31.7. The molecule has 5 rings (SSSR count). The SMILES string of the molecule is CCOc1cc(/C=C2/SC(=Nc3ccccc3)N(Cc3ccc(C(=O)O)cc3)C2=O)ccc1OCc1ccccc1C#N. The van der Waals surface area contributed by atoms with E-state index in [0.29, 0.717) is 39.4 Å². The lowest BCUT2D eigenvalue weighted by molar-refractivity contribution is -0.122. The standard InChI is InChI=1S/C34H27N3O5S/c1-2-41-30-18-24(14-17-29(30)42-22-27-9-7-6-8-26(27)20-35)19-31-32(38)37(21-23-12-15-25(16-13-23)33(39)40)34(43-31)36-28-10-4-3-5-11-28/h3-19H,2,21-22H2,1H3,(H,39,40)/b31-19+,36-34?. The van der Waals surface area contributed by atoms with Gasteiger partial charge in [0.15, 0.2) is 16.7 Å². The summed E-state index contributed by atoms with van der Waals surface area (Å²) in [5, 5.41) is 19.1. The van der Waals surface area contributed by atoms with Crippen molar-refractivity contribution >= 4 is 40.6 Å². The van der Waals surface area contributed by atoms with Crippen LogP contribution in [0.2, 0.25) is 0 Å². The highest BCUT2D eigenvalue weighted by atomic mass is 32.2. The molecule has 1 heterocycles. The molecule has 0 atom stereocenters. The van der Waals surface area contributed by atoms with Crippen molar-refractivity contribution in [3.05, 3.63) is 130 Å². The Bertz CT molecular complexity index is 1740. The Balaban J connectivity index is 1.42. The Morgan fingerprint density at radius 2 is 1.72 bits per heavy atom. The number of carboxylic acids is 1. The minimum absolute atomic E-state index is 0.177. The molecular weight excluding hydrogens is 562 g/mol. The molecule has 43 heavy (non-hydrogen) atoms. The molecule has 0 radical (unpaired) electrons. The monoisotopic (exact) mass is 589 g/mol. The van der Waals surface area contributed by atoms with Crippen molar-refractivity contribution in [1.82, 2.24) is 4.90 Å². The normalized spacial score (nSPS) is 14.6. The summed E-state index contributed by atoms with van der Waals surface area (Å²) >= 11 is 1.27.